The molecule has 1 fully saturated rings. The fraction of sp³-hybridized carbons (Fsp3) is 0.294. The van der Waals surface area contributed by atoms with Crippen LogP contribution < -0.4 is 15.4 Å². The Hall–Kier alpha value is -3.56. The summed E-state index contributed by atoms with van der Waals surface area (Å²) in [6, 6.07) is 6.67. The van der Waals surface area contributed by atoms with Crippen molar-refractivity contribution >= 4 is 28.1 Å². The molecule has 1 aliphatic rings. The van der Waals surface area contributed by atoms with Gasteiger partial charge in [-0.1, -0.05) is 0 Å². The fourth-order valence-electron chi connectivity index (χ4n) is 3.34. The minimum absolute atomic E-state index is 0.0889. The van der Waals surface area contributed by atoms with E-state index in [4.69, 9.17) is 0 Å². The lowest BCUT2D eigenvalue weighted by Crippen LogP contribution is -2.31. The highest BCUT2D eigenvalue weighted by Gasteiger charge is 2.24. The molecule has 2 aromatic heterocycles. The highest BCUT2D eigenvalue weighted by Crippen LogP contribution is 2.32. The van der Waals surface area contributed by atoms with Crippen LogP contribution in [0.2, 0.25) is 0 Å². The molecule has 0 aliphatic carbocycles. The van der Waals surface area contributed by atoms with E-state index < -0.39 is 4.92 Å². The zero-order chi connectivity index (χ0) is 18.8. The summed E-state index contributed by atoms with van der Waals surface area (Å²) in [4.78, 5) is 33.8. The van der Waals surface area contributed by atoms with E-state index in [-0.39, 0.29) is 16.6 Å². The molecule has 0 amide bonds. The molecule has 0 atom stereocenters. The average Bonchev–Trinajstić information content (AvgIpc) is 2.94. The van der Waals surface area contributed by atoms with Crippen LogP contribution in [0.3, 0.4) is 0 Å². The van der Waals surface area contributed by atoms with Crippen LogP contribution >= 0.6 is 0 Å². The second-order valence-electron chi connectivity index (χ2n) is 6.26. The molecule has 3 heterocycles. The maximum Gasteiger partial charge on any atom is 0.293 e. The maximum absolute atomic E-state index is 11.9. The lowest BCUT2D eigenvalue weighted by molar-refractivity contribution is -0.384. The van der Waals surface area contributed by atoms with Gasteiger partial charge in [0.15, 0.2) is 5.82 Å². The number of rotatable bonds is 3. The van der Waals surface area contributed by atoms with E-state index in [0.29, 0.717) is 30.8 Å². The van der Waals surface area contributed by atoms with Crippen LogP contribution in [-0.4, -0.2) is 51.3 Å². The molecule has 3 aromatic rings. The number of nitro benzene ring substituents is 1. The van der Waals surface area contributed by atoms with E-state index in [1.807, 2.05) is 17.0 Å². The van der Waals surface area contributed by atoms with E-state index in [0.717, 1.165) is 18.8 Å². The molecule has 1 aliphatic heterocycles. The summed E-state index contributed by atoms with van der Waals surface area (Å²) in [5.74, 6) is 0.792. The van der Waals surface area contributed by atoms with Gasteiger partial charge in [-0.05, 0) is 24.6 Å². The molecule has 0 bridgehead atoms. The smallest absolute Gasteiger partial charge is 0.293 e. The zero-order valence-corrected chi connectivity index (χ0v) is 14.4. The molecular formula is C17H17N7O3. The third kappa shape index (κ3) is 3.28. The van der Waals surface area contributed by atoms with Gasteiger partial charge in [0.2, 0.25) is 0 Å². The van der Waals surface area contributed by atoms with Gasteiger partial charge < -0.3 is 14.8 Å². The van der Waals surface area contributed by atoms with E-state index in [9.17, 15) is 14.9 Å². The van der Waals surface area contributed by atoms with Crippen molar-refractivity contribution < 1.29 is 4.92 Å². The zero-order valence-electron chi connectivity index (χ0n) is 14.4. The Morgan fingerprint density at radius 1 is 1.15 bits per heavy atom. The van der Waals surface area contributed by atoms with Gasteiger partial charge in [-0.15, -0.1) is 5.10 Å². The first-order valence-corrected chi connectivity index (χ1v) is 8.57. The third-order valence-electron chi connectivity index (χ3n) is 4.65. The highest BCUT2D eigenvalue weighted by molar-refractivity contribution is 5.87. The van der Waals surface area contributed by atoms with E-state index >= 15 is 0 Å². The number of aromatic amines is 1. The predicted octanol–water partition coefficient (Wildman–Crippen LogP) is 1.34. The van der Waals surface area contributed by atoms with Crippen molar-refractivity contribution in [1.29, 1.82) is 0 Å². The van der Waals surface area contributed by atoms with Gasteiger partial charge in [0.1, 0.15) is 5.69 Å². The van der Waals surface area contributed by atoms with Crippen LogP contribution in [0.4, 0.5) is 17.2 Å². The van der Waals surface area contributed by atoms with Crippen LogP contribution in [0, 0.1) is 10.1 Å². The SMILES string of the molecule is O=c1[nH]cnc2cc(N3CCCN(c4cccnn4)CC3)c([N+](=O)[O-])cc12. The number of fused-ring (bicyclic) bond motifs is 1. The van der Waals surface area contributed by atoms with Gasteiger partial charge in [-0.25, -0.2) is 4.98 Å². The van der Waals surface area contributed by atoms with Crippen LogP contribution in [0.25, 0.3) is 10.9 Å². The number of nitrogens with one attached hydrogen (secondary N) is 1. The first-order chi connectivity index (χ1) is 13.1. The topological polar surface area (TPSA) is 121 Å². The van der Waals surface area contributed by atoms with Crippen LogP contribution in [0.5, 0.6) is 0 Å². The largest absolute Gasteiger partial charge is 0.364 e. The molecule has 1 aromatic carbocycles. The Kier molecular flexibility index (Phi) is 4.37. The van der Waals surface area contributed by atoms with Crippen molar-refractivity contribution in [2.45, 2.75) is 6.42 Å². The van der Waals surface area contributed by atoms with Crippen molar-refractivity contribution in [3.8, 4) is 0 Å². The first kappa shape index (κ1) is 16.9. The quantitative estimate of drug-likeness (QED) is 0.544. The van der Waals surface area contributed by atoms with Crippen molar-refractivity contribution in [3.63, 3.8) is 0 Å². The van der Waals surface area contributed by atoms with Gasteiger partial charge in [0.05, 0.1) is 22.2 Å². The molecule has 0 radical (unpaired) electrons. The molecule has 138 valence electrons. The maximum atomic E-state index is 11.9. The first-order valence-electron chi connectivity index (χ1n) is 8.57. The molecule has 1 N–H and O–H groups in total. The lowest BCUT2D eigenvalue weighted by atomic mass is 10.1. The number of anilines is 2. The van der Waals surface area contributed by atoms with Crippen LogP contribution in [0.1, 0.15) is 6.42 Å². The summed E-state index contributed by atoms with van der Waals surface area (Å²) >= 11 is 0. The Morgan fingerprint density at radius 2 is 1.96 bits per heavy atom. The number of H-pyrrole nitrogens is 1. The summed E-state index contributed by atoms with van der Waals surface area (Å²) in [6.45, 7) is 2.70. The second-order valence-corrected chi connectivity index (χ2v) is 6.26. The number of nitrogens with zero attached hydrogens (tertiary/aromatic N) is 6. The summed E-state index contributed by atoms with van der Waals surface area (Å²) in [7, 11) is 0. The number of hydrogen-bond acceptors (Lipinski definition) is 8. The standard InChI is InChI=1S/C17H17N7O3/c25-17-12-9-15(24(26)27)14(10-13(12)18-11-19-17)22-5-2-6-23(8-7-22)16-3-1-4-20-21-16/h1,3-4,9-11H,2,5-8H2,(H,18,19,25). The Bertz CT molecular complexity index is 1040. The molecule has 0 saturated carbocycles. The number of benzene rings is 1. The number of nitro groups is 1. The molecule has 10 heteroatoms. The second kappa shape index (κ2) is 6.98. The third-order valence-corrected chi connectivity index (χ3v) is 4.65. The average molecular weight is 367 g/mol. The molecule has 0 unspecified atom stereocenters. The number of hydrogen-bond donors (Lipinski definition) is 1. The predicted molar refractivity (Wildman–Crippen MR) is 100 cm³/mol. The Morgan fingerprint density at radius 3 is 2.74 bits per heavy atom. The minimum atomic E-state index is -0.452. The summed E-state index contributed by atoms with van der Waals surface area (Å²) in [6.07, 6.45) is 3.74. The van der Waals surface area contributed by atoms with Crippen molar-refractivity contribution in [2.75, 3.05) is 36.0 Å². The van der Waals surface area contributed by atoms with Crippen LogP contribution in [0.15, 0.2) is 41.6 Å². The molecule has 1 saturated heterocycles. The van der Waals surface area contributed by atoms with Gasteiger partial charge in [0, 0.05) is 38.4 Å². The van der Waals surface area contributed by atoms with Gasteiger partial charge in [-0.3, -0.25) is 14.9 Å². The van der Waals surface area contributed by atoms with E-state index in [2.05, 4.69) is 25.1 Å². The lowest BCUT2D eigenvalue weighted by Gasteiger charge is -2.23. The normalized spacial score (nSPS) is 15.0. The summed E-state index contributed by atoms with van der Waals surface area (Å²) in [5, 5.41) is 19.9. The summed E-state index contributed by atoms with van der Waals surface area (Å²) in [5.41, 5.74) is 0.439. The number of aromatic nitrogens is 4. The minimum Gasteiger partial charge on any atom is -0.364 e. The van der Waals surface area contributed by atoms with E-state index in [1.54, 1.807) is 12.3 Å². The molecule has 0 spiro atoms. The van der Waals surface area contributed by atoms with Gasteiger partial charge in [-0.2, -0.15) is 5.10 Å². The molecule has 4 rings (SSSR count). The summed E-state index contributed by atoms with van der Waals surface area (Å²) < 4.78 is 0. The Balaban J connectivity index is 1.68. The van der Waals surface area contributed by atoms with Crippen molar-refractivity contribution in [2.24, 2.45) is 0 Å². The van der Waals surface area contributed by atoms with Crippen LogP contribution in [-0.2, 0) is 0 Å². The van der Waals surface area contributed by atoms with Gasteiger partial charge in [0.25, 0.3) is 11.2 Å². The Labute approximate surface area is 153 Å². The molecular weight excluding hydrogens is 350 g/mol. The van der Waals surface area contributed by atoms with Gasteiger partial charge >= 0.3 is 0 Å². The highest BCUT2D eigenvalue weighted by atomic mass is 16.6. The van der Waals surface area contributed by atoms with Crippen molar-refractivity contribution in [3.05, 3.63) is 57.3 Å². The monoisotopic (exact) mass is 367 g/mol. The van der Waals surface area contributed by atoms with E-state index in [1.165, 1.54) is 12.4 Å². The van der Waals surface area contributed by atoms with Crippen molar-refractivity contribution in [1.82, 2.24) is 20.2 Å². The molecule has 27 heavy (non-hydrogen) atoms. The fourth-order valence-corrected chi connectivity index (χ4v) is 3.34. The molecule has 10 nitrogen and oxygen atoms in total.